The first-order valence-corrected chi connectivity index (χ1v) is 7.46. The van der Waals surface area contributed by atoms with Crippen molar-refractivity contribution < 1.29 is 14.6 Å². The zero-order valence-electron chi connectivity index (χ0n) is 11.8. The fraction of sp³-hybridized carbons (Fsp3) is 0.571. The van der Waals surface area contributed by atoms with E-state index in [1.54, 1.807) is 0 Å². The third kappa shape index (κ3) is 6.18. The third-order valence-electron chi connectivity index (χ3n) is 2.35. The fourth-order valence-electron chi connectivity index (χ4n) is 1.43. The first-order chi connectivity index (χ1) is 9.02. The summed E-state index contributed by atoms with van der Waals surface area (Å²) in [6, 6.07) is 5.57. The minimum atomic E-state index is -0.498. The molecular weight excluding hydrogens is 262 g/mol. The van der Waals surface area contributed by atoms with Crippen molar-refractivity contribution in [2.75, 3.05) is 24.7 Å². The molecule has 4 nitrogen and oxygen atoms in total. The summed E-state index contributed by atoms with van der Waals surface area (Å²) in [6.45, 7) is 6.80. The molecule has 3 N–H and O–H groups in total. The van der Waals surface area contributed by atoms with E-state index in [2.05, 4.69) is 0 Å². The summed E-state index contributed by atoms with van der Waals surface area (Å²) in [7, 11) is 0. The largest absolute Gasteiger partial charge is 0.494 e. The van der Waals surface area contributed by atoms with E-state index in [-0.39, 0.29) is 6.10 Å². The van der Waals surface area contributed by atoms with Crippen molar-refractivity contribution in [1.29, 1.82) is 0 Å². The van der Waals surface area contributed by atoms with Crippen LogP contribution < -0.4 is 10.5 Å². The number of nitrogen functional groups attached to an aromatic ring is 1. The number of rotatable bonds is 8. The van der Waals surface area contributed by atoms with E-state index in [0.717, 1.165) is 10.6 Å². The maximum absolute atomic E-state index is 9.81. The van der Waals surface area contributed by atoms with E-state index in [4.69, 9.17) is 15.2 Å². The molecule has 108 valence electrons. The quantitative estimate of drug-likeness (QED) is 0.567. The van der Waals surface area contributed by atoms with Gasteiger partial charge in [0.1, 0.15) is 5.75 Å². The lowest BCUT2D eigenvalue weighted by atomic mass is 10.3. The lowest BCUT2D eigenvalue weighted by Gasteiger charge is -2.14. The van der Waals surface area contributed by atoms with Crippen LogP contribution in [0.3, 0.4) is 0 Å². The molecule has 0 saturated heterocycles. The van der Waals surface area contributed by atoms with Gasteiger partial charge in [-0.1, -0.05) is 0 Å². The second-order valence-corrected chi connectivity index (χ2v) is 5.54. The average molecular weight is 285 g/mol. The number of hydrogen-bond donors (Lipinski definition) is 2. The topological polar surface area (TPSA) is 64.7 Å². The van der Waals surface area contributed by atoms with Gasteiger partial charge in [0.25, 0.3) is 0 Å². The molecule has 1 atom stereocenters. The summed E-state index contributed by atoms with van der Waals surface area (Å²) >= 11 is 1.51. The van der Waals surface area contributed by atoms with Crippen LogP contribution in [-0.4, -0.2) is 36.3 Å². The Kier molecular flexibility index (Phi) is 7.05. The van der Waals surface area contributed by atoms with E-state index in [9.17, 15) is 5.11 Å². The Hall–Kier alpha value is -0.910. The van der Waals surface area contributed by atoms with Gasteiger partial charge in [-0.3, -0.25) is 0 Å². The molecular formula is C14H23NO3S. The molecule has 0 fully saturated rings. The fourth-order valence-corrected chi connectivity index (χ4v) is 2.34. The van der Waals surface area contributed by atoms with Gasteiger partial charge in [-0.15, -0.1) is 11.8 Å². The highest BCUT2D eigenvalue weighted by Crippen LogP contribution is 2.29. The van der Waals surface area contributed by atoms with Crippen molar-refractivity contribution in [1.82, 2.24) is 0 Å². The Morgan fingerprint density at radius 3 is 2.74 bits per heavy atom. The minimum Gasteiger partial charge on any atom is -0.494 e. The third-order valence-corrected chi connectivity index (χ3v) is 3.57. The first kappa shape index (κ1) is 16.1. The van der Waals surface area contributed by atoms with Gasteiger partial charge < -0.3 is 20.3 Å². The van der Waals surface area contributed by atoms with E-state index < -0.39 is 6.10 Å². The summed E-state index contributed by atoms with van der Waals surface area (Å²) < 4.78 is 10.8. The summed E-state index contributed by atoms with van der Waals surface area (Å²) in [5.74, 6) is 1.35. The van der Waals surface area contributed by atoms with Crippen LogP contribution >= 0.6 is 11.8 Å². The zero-order valence-corrected chi connectivity index (χ0v) is 12.6. The number of anilines is 1. The second-order valence-electron chi connectivity index (χ2n) is 4.48. The normalized spacial score (nSPS) is 12.7. The molecule has 0 aromatic heterocycles. The van der Waals surface area contributed by atoms with Crippen LogP contribution in [-0.2, 0) is 4.74 Å². The number of thioether (sulfide) groups is 1. The number of ether oxygens (including phenoxy) is 2. The van der Waals surface area contributed by atoms with Gasteiger partial charge in [0, 0.05) is 16.3 Å². The second kappa shape index (κ2) is 8.30. The standard InChI is InChI=1S/C14H23NO3S/c1-4-17-12-5-6-13(15)14(7-12)19-9-11(16)8-18-10(2)3/h5-7,10-11,16H,4,8-9,15H2,1-3H3. The molecule has 0 saturated carbocycles. The van der Waals surface area contributed by atoms with E-state index >= 15 is 0 Å². The summed E-state index contributed by atoms with van der Waals surface area (Å²) in [5.41, 5.74) is 6.60. The molecule has 0 heterocycles. The number of aliphatic hydroxyl groups is 1. The number of benzene rings is 1. The van der Waals surface area contributed by atoms with Crippen molar-refractivity contribution in [2.45, 2.75) is 37.9 Å². The lowest BCUT2D eigenvalue weighted by Crippen LogP contribution is -2.20. The van der Waals surface area contributed by atoms with Crippen LogP contribution in [0.1, 0.15) is 20.8 Å². The lowest BCUT2D eigenvalue weighted by molar-refractivity contribution is 0.0152. The van der Waals surface area contributed by atoms with Gasteiger partial charge >= 0.3 is 0 Å². The molecule has 0 aliphatic rings. The van der Waals surface area contributed by atoms with Crippen molar-refractivity contribution in [3.05, 3.63) is 18.2 Å². The van der Waals surface area contributed by atoms with Crippen molar-refractivity contribution in [2.24, 2.45) is 0 Å². The molecule has 0 spiro atoms. The molecule has 0 aliphatic carbocycles. The molecule has 1 aromatic carbocycles. The Labute approximate surface area is 119 Å². The summed E-state index contributed by atoms with van der Waals surface area (Å²) in [5, 5.41) is 9.81. The van der Waals surface area contributed by atoms with E-state index in [1.165, 1.54) is 11.8 Å². The predicted octanol–water partition coefficient (Wildman–Crippen LogP) is 2.55. The molecule has 1 rings (SSSR count). The molecule has 0 amide bonds. The minimum absolute atomic E-state index is 0.131. The highest BCUT2D eigenvalue weighted by atomic mass is 32.2. The highest BCUT2D eigenvalue weighted by Gasteiger charge is 2.09. The molecule has 5 heteroatoms. The van der Waals surface area contributed by atoms with Gasteiger partial charge in [0.2, 0.25) is 0 Å². The van der Waals surface area contributed by atoms with Gasteiger partial charge in [-0.2, -0.15) is 0 Å². The summed E-state index contributed by atoms with van der Waals surface area (Å²) in [4.78, 5) is 0.926. The summed E-state index contributed by atoms with van der Waals surface area (Å²) in [6.07, 6.45) is -0.367. The molecule has 0 bridgehead atoms. The first-order valence-electron chi connectivity index (χ1n) is 6.47. The van der Waals surface area contributed by atoms with Crippen molar-refractivity contribution >= 4 is 17.4 Å². The van der Waals surface area contributed by atoms with Crippen molar-refractivity contribution in [3.8, 4) is 5.75 Å². The van der Waals surface area contributed by atoms with E-state index in [0.29, 0.717) is 24.7 Å². The van der Waals surface area contributed by atoms with Gasteiger partial charge in [0.15, 0.2) is 0 Å². The van der Waals surface area contributed by atoms with Crippen molar-refractivity contribution in [3.63, 3.8) is 0 Å². The number of hydrogen-bond acceptors (Lipinski definition) is 5. The smallest absolute Gasteiger partial charge is 0.120 e. The van der Waals surface area contributed by atoms with Crippen LogP contribution in [0.2, 0.25) is 0 Å². The Balaban J connectivity index is 2.49. The highest BCUT2D eigenvalue weighted by molar-refractivity contribution is 7.99. The van der Waals surface area contributed by atoms with Crippen LogP contribution in [0, 0.1) is 0 Å². The predicted molar refractivity (Wildman–Crippen MR) is 79.8 cm³/mol. The van der Waals surface area contributed by atoms with Crippen LogP contribution in [0.25, 0.3) is 0 Å². The van der Waals surface area contributed by atoms with Gasteiger partial charge in [-0.05, 0) is 39.0 Å². The number of nitrogens with two attached hydrogens (primary N) is 1. The Morgan fingerprint density at radius 1 is 1.37 bits per heavy atom. The average Bonchev–Trinajstić information content (AvgIpc) is 2.37. The molecule has 1 aromatic rings. The van der Waals surface area contributed by atoms with Gasteiger partial charge in [-0.25, -0.2) is 0 Å². The number of aliphatic hydroxyl groups excluding tert-OH is 1. The zero-order chi connectivity index (χ0) is 14.3. The van der Waals surface area contributed by atoms with Crippen LogP contribution in [0.4, 0.5) is 5.69 Å². The SMILES string of the molecule is CCOc1ccc(N)c(SCC(O)COC(C)C)c1. The molecule has 1 unspecified atom stereocenters. The molecule has 19 heavy (non-hydrogen) atoms. The monoisotopic (exact) mass is 285 g/mol. The van der Waals surface area contributed by atoms with Crippen LogP contribution in [0.5, 0.6) is 5.75 Å². The maximum atomic E-state index is 9.81. The maximum Gasteiger partial charge on any atom is 0.120 e. The molecule has 0 aliphatic heterocycles. The van der Waals surface area contributed by atoms with Gasteiger partial charge in [0.05, 0.1) is 25.4 Å². The van der Waals surface area contributed by atoms with Crippen LogP contribution in [0.15, 0.2) is 23.1 Å². The Morgan fingerprint density at radius 2 is 2.11 bits per heavy atom. The Bertz CT molecular complexity index is 385. The molecule has 0 radical (unpaired) electrons. The van der Waals surface area contributed by atoms with E-state index in [1.807, 2.05) is 39.0 Å².